The molecule has 23 heavy (non-hydrogen) atoms. The van der Waals surface area contributed by atoms with E-state index in [0.717, 1.165) is 16.7 Å². The van der Waals surface area contributed by atoms with Gasteiger partial charge in [0.2, 0.25) is 5.78 Å². The number of methoxy groups -OCH3 is 1. The predicted octanol–water partition coefficient (Wildman–Crippen LogP) is 3.66. The lowest BCUT2D eigenvalue weighted by atomic mass is 10.00. The summed E-state index contributed by atoms with van der Waals surface area (Å²) in [4.78, 5) is 24.5. The predicted molar refractivity (Wildman–Crippen MR) is 88.3 cm³/mol. The van der Waals surface area contributed by atoms with E-state index in [9.17, 15) is 9.59 Å². The average Bonchev–Trinajstić information content (AvgIpc) is 2.51. The molecule has 0 bridgehead atoms. The first-order chi connectivity index (χ1) is 10.9. The molecule has 0 heterocycles. The number of para-hydroxylation sites is 1. The van der Waals surface area contributed by atoms with E-state index in [4.69, 9.17) is 9.47 Å². The van der Waals surface area contributed by atoms with Crippen LogP contribution in [0.1, 0.15) is 37.4 Å². The third-order valence-electron chi connectivity index (χ3n) is 3.62. The summed E-state index contributed by atoms with van der Waals surface area (Å²) in [5.74, 6) is -0.308. The minimum absolute atomic E-state index is 0.293. The monoisotopic (exact) mass is 312 g/mol. The standard InChI is InChI=1S/C19H20O4/c1-12-9-13(2)18(14(3)10-12)19(21)23-11-16(20)15-7-5-6-8-17(15)22-4/h5-10H,11H2,1-4H3. The number of benzene rings is 2. The third-order valence-corrected chi connectivity index (χ3v) is 3.62. The normalized spacial score (nSPS) is 10.3. The molecule has 0 spiro atoms. The first-order valence-electron chi connectivity index (χ1n) is 7.35. The number of carbonyl (C=O) groups excluding carboxylic acids is 2. The van der Waals surface area contributed by atoms with E-state index >= 15 is 0 Å². The highest BCUT2D eigenvalue weighted by Crippen LogP contribution is 2.20. The van der Waals surface area contributed by atoms with E-state index in [1.54, 1.807) is 24.3 Å². The molecule has 4 nitrogen and oxygen atoms in total. The molecule has 0 aromatic heterocycles. The van der Waals surface area contributed by atoms with Crippen molar-refractivity contribution >= 4 is 11.8 Å². The molecule has 4 heteroatoms. The Morgan fingerprint density at radius 1 is 1.00 bits per heavy atom. The number of Topliss-reactive ketones (excluding diaryl/α,β-unsaturated/α-hetero) is 1. The Hall–Kier alpha value is -2.62. The first-order valence-corrected chi connectivity index (χ1v) is 7.35. The topological polar surface area (TPSA) is 52.6 Å². The largest absolute Gasteiger partial charge is 0.496 e. The Morgan fingerprint density at radius 2 is 1.61 bits per heavy atom. The molecule has 0 saturated heterocycles. The molecule has 0 N–H and O–H groups in total. The maximum Gasteiger partial charge on any atom is 0.339 e. The summed E-state index contributed by atoms with van der Waals surface area (Å²) in [6.07, 6.45) is 0. The Bertz CT molecular complexity index is 724. The summed E-state index contributed by atoms with van der Waals surface area (Å²) in [6, 6.07) is 10.7. The second-order valence-corrected chi connectivity index (χ2v) is 5.47. The highest BCUT2D eigenvalue weighted by Gasteiger charge is 2.18. The van der Waals surface area contributed by atoms with Crippen LogP contribution in [0.4, 0.5) is 0 Å². The van der Waals surface area contributed by atoms with Gasteiger partial charge in [-0.1, -0.05) is 29.8 Å². The number of esters is 1. The van der Waals surface area contributed by atoms with Crippen molar-refractivity contribution in [3.8, 4) is 5.75 Å². The molecule has 0 unspecified atom stereocenters. The summed E-state index contributed by atoms with van der Waals surface area (Å²) in [5.41, 5.74) is 3.69. The van der Waals surface area contributed by atoms with Crippen molar-refractivity contribution in [2.45, 2.75) is 20.8 Å². The van der Waals surface area contributed by atoms with Gasteiger partial charge in [0.15, 0.2) is 6.61 Å². The van der Waals surface area contributed by atoms with Crippen molar-refractivity contribution in [3.05, 3.63) is 64.2 Å². The van der Waals surface area contributed by atoms with Crippen molar-refractivity contribution in [3.63, 3.8) is 0 Å². The number of rotatable bonds is 5. The highest BCUT2D eigenvalue weighted by molar-refractivity contribution is 6.01. The van der Waals surface area contributed by atoms with E-state index in [1.165, 1.54) is 7.11 Å². The van der Waals surface area contributed by atoms with Crippen LogP contribution in [0, 0.1) is 20.8 Å². The van der Waals surface area contributed by atoms with Crippen molar-refractivity contribution in [2.75, 3.05) is 13.7 Å². The quantitative estimate of drug-likeness (QED) is 0.624. The van der Waals surface area contributed by atoms with Crippen LogP contribution in [0.2, 0.25) is 0 Å². The molecule has 0 fully saturated rings. The molecule has 0 atom stereocenters. The summed E-state index contributed by atoms with van der Waals surface area (Å²) in [7, 11) is 1.50. The van der Waals surface area contributed by atoms with E-state index in [0.29, 0.717) is 16.9 Å². The summed E-state index contributed by atoms with van der Waals surface area (Å²) < 4.78 is 10.3. The number of ether oxygens (including phenoxy) is 2. The number of aryl methyl sites for hydroxylation is 3. The van der Waals surface area contributed by atoms with Crippen LogP contribution in [-0.2, 0) is 4.74 Å². The van der Waals surface area contributed by atoms with E-state index in [2.05, 4.69) is 0 Å². The molecule has 120 valence electrons. The maximum atomic E-state index is 12.3. The van der Waals surface area contributed by atoms with Gasteiger partial charge in [-0.2, -0.15) is 0 Å². The van der Waals surface area contributed by atoms with Gasteiger partial charge in [0.25, 0.3) is 0 Å². The molecule has 0 radical (unpaired) electrons. The fourth-order valence-electron chi connectivity index (χ4n) is 2.66. The lowest BCUT2D eigenvalue weighted by Gasteiger charge is -2.11. The van der Waals surface area contributed by atoms with Gasteiger partial charge >= 0.3 is 5.97 Å². The lowest BCUT2D eigenvalue weighted by Crippen LogP contribution is -2.16. The van der Waals surface area contributed by atoms with Crippen LogP contribution in [0.15, 0.2) is 36.4 Å². The average molecular weight is 312 g/mol. The fraction of sp³-hybridized carbons (Fsp3) is 0.263. The van der Waals surface area contributed by atoms with Crippen LogP contribution in [0.5, 0.6) is 5.75 Å². The molecule has 0 aliphatic heterocycles. The van der Waals surface area contributed by atoms with Gasteiger partial charge in [-0.15, -0.1) is 0 Å². The summed E-state index contributed by atoms with van der Waals surface area (Å²) in [5, 5.41) is 0. The number of hydrogen-bond acceptors (Lipinski definition) is 4. The van der Waals surface area contributed by atoms with Crippen molar-refractivity contribution < 1.29 is 19.1 Å². The second-order valence-electron chi connectivity index (χ2n) is 5.47. The van der Waals surface area contributed by atoms with Crippen LogP contribution in [0.25, 0.3) is 0 Å². The maximum absolute atomic E-state index is 12.3. The fourth-order valence-corrected chi connectivity index (χ4v) is 2.66. The van der Waals surface area contributed by atoms with Gasteiger partial charge in [0, 0.05) is 0 Å². The number of ketones is 1. The van der Waals surface area contributed by atoms with Gasteiger partial charge in [-0.05, 0) is 44.0 Å². The van der Waals surface area contributed by atoms with Crippen molar-refractivity contribution in [1.29, 1.82) is 0 Å². The molecule has 2 aromatic carbocycles. The zero-order valence-electron chi connectivity index (χ0n) is 13.8. The van der Waals surface area contributed by atoms with Crippen LogP contribution < -0.4 is 4.74 Å². The van der Waals surface area contributed by atoms with Gasteiger partial charge in [0.1, 0.15) is 5.75 Å². The van der Waals surface area contributed by atoms with Gasteiger partial charge < -0.3 is 9.47 Å². The number of carbonyl (C=O) groups is 2. The van der Waals surface area contributed by atoms with Gasteiger partial charge in [-0.25, -0.2) is 4.79 Å². The third kappa shape index (κ3) is 3.77. The molecule has 0 aliphatic rings. The van der Waals surface area contributed by atoms with Gasteiger partial charge in [0.05, 0.1) is 18.2 Å². The Labute approximate surface area is 136 Å². The van der Waals surface area contributed by atoms with Crippen molar-refractivity contribution in [2.24, 2.45) is 0 Å². The highest BCUT2D eigenvalue weighted by atomic mass is 16.5. The Balaban J connectivity index is 2.12. The Kier molecular flexibility index (Phi) is 5.16. The zero-order chi connectivity index (χ0) is 17.0. The number of hydrogen-bond donors (Lipinski definition) is 0. The van der Waals surface area contributed by atoms with Crippen LogP contribution >= 0.6 is 0 Å². The minimum Gasteiger partial charge on any atom is -0.496 e. The van der Waals surface area contributed by atoms with E-state index in [-0.39, 0.29) is 12.4 Å². The summed E-state index contributed by atoms with van der Waals surface area (Å²) in [6.45, 7) is 5.38. The molecule has 2 rings (SSSR count). The van der Waals surface area contributed by atoms with Crippen molar-refractivity contribution in [1.82, 2.24) is 0 Å². The van der Waals surface area contributed by atoms with E-state index in [1.807, 2.05) is 32.9 Å². The van der Waals surface area contributed by atoms with Crippen LogP contribution in [-0.4, -0.2) is 25.5 Å². The molecule has 0 saturated carbocycles. The SMILES string of the molecule is COc1ccccc1C(=O)COC(=O)c1c(C)cc(C)cc1C. The zero-order valence-corrected chi connectivity index (χ0v) is 13.8. The lowest BCUT2D eigenvalue weighted by molar-refractivity contribution is 0.0472. The summed E-state index contributed by atoms with van der Waals surface area (Å²) >= 11 is 0. The molecule has 2 aromatic rings. The van der Waals surface area contributed by atoms with Crippen LogP contribution in [0.3, 0.4) is 0 Å². The minimum atomic E-state index is -0.483. The molecule has 0 amide bonds. The molecular formula is C19H20O4. The second kappa shape index (κ2) is 7.09. The molecule has 0 aliphatic carbocycles. The molecular weight excluding hydrogens is 292 g/mol. The first kappa shape index (κ1) is 16.7. The van der Waals surface area contributed by atoms with Gasteiger partial charge in [-0.3, -0.25) is 4.79 Å². The van der Waals surface area contributed by atoms with E-state index < -0.39 is 5.97 Å². The smallest absolute Gasteiger partial charge is 0.339 e. The Morgan fingerprint density at radius 3 is 2.22 bits per heavy atom.